The molecule has 0 saturated carbocycles. The highest BCUT2D eigenvalue weighted by atomic mass is 32.2. The van der Waals surface area contributed by atoms with Gasteiger partial charge in [-0.15, -0.1) is 5.10 Å². The van der Waals surface area contributed by atoms with Gasteiger partial charge in [-0.3, -0.25) is 9.76 Å². The Morgan fingerprint density at radius 3 is 2.21 bits per heavy atom. The molecule has 0 heterocycles. The van der Waals surface area contributed by atoms with Gasteiger partial charge in [0.05, 0.1) is 25.3 Å². The molecule has 0 bridgehead atoms. The largest absolute Gasteiger partial charge is 0.496 e. The van der Waals surface area contributed by atoms with Gasteiger partial charge in [-0.25, -0.2) is 5.48 Å². The number of hydrogen-bond acceptors (Lipinski definition) is 7. The zero-order valence-electron chi connectivity index (χ0n) is 16.4. The first-order valence-electron chi connectivity index (χ1n) is 8.16. The third kappa shape index (κ3) is 7.41. The zero-order valence-corrected chi connectivity index (χ0v) is 17.3. The lowest BCUT2D eigenvalue weighted by molar-refractivity contribution is 0.232. The normalized spacial score (nSPS) is 11.6. The molecule has 5 N–H and O–H groups in total. The highest BCUT2D eigenvalue weighted by Gasteiger charge is 2.09. The van der Waals surface area contributed by atoms with Crippen molar-refractivity contribution in [2.75, 3.05) is 14.2 Å². The van der Waals surface area contributed by atoms with Gasteiger partial charge >= 0.3 is 0 Å². The highest BCUT2D eigenvalue weighted by molar-refractivity contribution is 7.85. The molecular weight excluding hydrogens is 400 g/mol. The minimum Gasteiger partial charge on any atom is -0.496 e. The maximum absolute atomic E-state index is 10.5. The van der Waals surface area contributed by atoms with Gasteiger partial charge in [0.25, 0.3) is 10.1 Å². The van der Waals surface area contributed by atoms with Gasteiger partial charge in [0.1, 0.15) is 11.5 Å². The third-order valence-corrected chi connectivity index (χ3v) is 4.47. The molecular formula is C18H24N4O6S. The summed E-state index contributed by atoms with van der Waals surface area (Å²) in [6.45, 7) is 3.72. The summed E-state index contributed by atoms with van der Waals surface area (Å²) < 4.78 is 40.0. The molecule has 0 aliphatic carbocycles. The van der Waals surface area contributed by atoms with Crippen molar-refractivity contribution in [2.24, 2.45) is 15.9 Å². The number of ether oxygens (including phenoxy) is 2. The number of hydroxylamine groups is 1. The molecule has 0 radical (unpaired) electrons. The lowest BCUT2D eigenvalue weighted by Crippen LogP contribution is -2.27. The summed E-state index contributed by atoms with van der Waals surface area (Å²) in [4.78, 5) is -0.0666. The molecule has 158 valence electrons. The van der Waals surface area contributed by atoms with Crippen molar-refractivity contribution < 1.29 is 27.7 Å². The van der Waals surface area contributed by atoms with Crippen LogP contribution in [0.2, 0.25) is 0 Å². The molecule has 10 nitrogen and oxygen atoms in total. The van der Waals surface area contributed by atoms with Crippen LogP contribution in [0.3, 0.4) is 0 Å². The van der Waals surface area contributed by atoms with E-state index in [1.54, 1.807) is 44.0 Å². The van der Waals surface area contributed by atoms with Gasteiger partial charge in [0.15, 0.2) is 0 Å². The van der Waals surface area contributed by atoms with E-state index in [1.165, 1.54) is 18.3 Å². The number of hydrogen-bond donors (Lipinski definition) is 4. The number of nitrogens with one attached hydrogen (secondary N) is 1. The van der Waals surface area contributed by atoms with E-state index in [2.05, 4.69) is 10.2 Å². The average molecular weight is 424 g/mol. The van der Waals surface area contributed by atoms with Crippen LogP contribution >= 0.6 is 0 Å². The maximum Gasteiger partial charge on any atom is 0.294 e. The van der Waals surface area contributed by atoms with Crippen molar-refractivity contribution in [3.63, 3.8) is 0 Å². The second-order valence-corrected chi connectivity index (χ2v) is 7.07. The van der Waals surface area contributed by atoms with Gasteiger partial charge in [-0.05, 0) is 38.1 Å². The van der Waals surface area contributed by atoms with Crippen molar-refractivity contribution in [3.8, 4) is 11.5 Å². The number of benzene rings is 2. The lowest BCUT2D eigenvalue weighted by Gasteiger charge is -2.11. The number of nitrogens with two attached hydrogens (primary N) is 1. The predicted molar refractivity (Wildman–Crippen MR) is 109 cm³/mol. The second-order valence-electron chi connectivity index (χ2n) is 5.65. The Morgan fingerprint density at radius 2 is 1.72 bits per heavy atom. The highest BCUT2D eigenvalue weighted by Crippen LogP contribution is 2.30. The van der Waals surface area contributed by atoms with E-state index < -0.39 is 10.1 Å². The Kier molecular flexibility index (Phi) is 9.06. The summed E-state index contributed by atoms with van der Waals surface area (Å²) in [6.07, 6.45) is 1.47. The number of rotatable bonds is 5. The molecule has 0 saturated heterocycles. The van der Waals surface area contributed by atoms with Crippen molar-refractivity contribution in [2.45, 2.75) is 18.7 Å². The first-order valence-corrected chi connectivity index (χ1v) is 9.60. The summed E-state index contributed by atoms with van der Waals surface area (Å²) in [7, 11) is -0.867. The smallest absolute Gasteiger partial charge is 0.294 e. The SMILES string of the molecule is COc1ccc(/C=N/N=C(\N)NO)c(OC)c1C.Cc1ccc(S(=O)(=O)O)cc1. The summed E-state index contributed by atoms with van der Waals surface area (Å²) in [5.41, 5.74) is 9.42. The van der Waals surface area contributed by atoms with Crippen LogP contribution < -0.4 is 20.7 Å². The molecule has 0 aliphatic heterocycles. The van der Waals surface area contributed by atoms with E-state index in [0.29, 0.717) is 5.75 Å². The van der Waals surface area contributed by atoms with Gasteiger partial charge in [-0.1, -0.05) is 17.7 Å². The van der Waals surface area contributed by atoms with E-state index in [0.717, 1.165) is 22.4 Å². The van der Waals surface area contributed by atoms with Gasteiger partial charge in [0, 0.05) is 11.1 Å². The van der Waals surface area contributed by atoms with E-state index >= 15 is 0 Å². The van der Waals surface area contributed by atoms with Gasteiger partial charge in [-0.2, -0.15) is 13.5 Å². The van der Waals surface area contributed by atoms with Crippen molar-refractivity contribution >= 4 is 22.3 Å². The van der Waals surface area contributed by atoms with Crippen LogP contribution in [0.5, 0.6) is 11.5 Å². The molecule has 2 aromatic carbocycles. The molecule has 0 amide bonds. The number of nitrogens with zero attached hydrogens (tertiary/aromatic N) is 2. The van der Waals surface area contributed by atoms with Crippen molar-refractivity contribution in [1.82, 2.24) is 5.48 Å². The third-order valence-electron chi connectivity index (χ3n) is 3.61. The zero-order chi connectivity index (χ0) is 22.0. The number of aryl methyl sites for hydroxylation is 1. The van der Waals surface area contributed by atoms with Crippen LogP contribution in [0, 0.1) is 13.8 Å². The van der Waals surface area contributed by atoms with Crippen molar-refractivity contribution in [3.05, 3.63) is 53.1 Å². The lowest BCUT2D eigenvalue weighted by atomic mass is 10.1. The molecule has 0 fully saturated rings. The minimum absolute atomic E-state index is 0.0666. The summed E-state index contributed by atoms with van der Waals surface area (Å²) in [5, 5.41) is 15.6. The topological polar surface area (TPSA) is 156 Å². The minimum atomic E-state index is -4.02. The van der Waals surface area contributed by atoms with E-state index in [9.17, 15) is 8.42 Å². The van der Waals surface area contributed by atoms with Crippen LogP contribution in [0.15, 0.2) is 51.5 Å². The summed E-state index contributed by atoms with van der Waals surface area (Å²) in [5.74, 6) is 1.17. The molecule has 2 aromatic rings. The van der Waals surface area contributed by atoms with Crippen LogP contribution in [-0.4, -0.2) is 44.6 Å². The first kappa shape index (κ1) is 23.9. The van der Waals surface area contributed by atoms with Crippen LogP contribution in [0.25, 0.3) is 0 Å². The Bertz CT molecular complexity index is 973. The molecule has 0 atom stereocenters. The first-order chi connectivity index (χ1) is 13.6. The molecule has 0 unspecified atom stereocenters. The molecule has 11 heteroatoms. The van der Waals surface area contributed by atoms with Crippen LogP contribution in [0.4, 0.5) is 0 Å². The maximum atomic E-state index is 10.5. The summed E-state index contributed by atoms with van der Waals surface area (Å²) >= 11 is 0. The Labute approximate surface area is 169 Å². The fraction of sp³-hybridized carbons (Fsp3) is 0.222. The van der Waals surface area contributed by atoms with Gasteiger partial charge < -0.3 is 15.2 Å². The van der Waals surface area contributed by atoms with E-state index in [1.807, 2.05) is 13.8 Å². The molecule has 0 spiro atoms. The molecule has 0 aromatic heterocycles. The number of guanidine groups is 1. The van der Waals surface area contributed by atoms with Crippen LogP contribution in [0.1, 0.15) is 16.7 Å². The number of methoxy groups -OCH3 is 2. The Morgan fingerprint density at radius 1 is 1.10 bits per heavy atom. The molecule has 29 heavy (non-hydrogen) atoms. The average Bonchev–Trinajstić information content (AvgIpc) is 2.68. The van der Waals surface area contributed by atoms with Crippen molar-refractivity contribution in [1.29, 1.82) is 0 Å². The fourth-order valence-electron chi connectivity index (χ4n) is 2.17. The predicted octanol–water partition coefficient (Wildman–Crippen LogP) is 1.88. The Hall–Kier alpha value is -3.15. The second kappa shape index (κ2) is 11.0. The quantitative estimate of drug-likeness (QED) is 0.245. The summed E-state index contributed by atoms with van der Waals surface area (Å²) in [6, 6.07) is 9.57. The van der Waals surface area contributed by atoms with Crippen LogP contribution in [-0.2, 0) is 10.1 Å². The van der Waals surface area contributed by atoms with E-state index in [4.69, 9.17) is 25.0 Å². The standard InChI is InChI=1S/C11H16N4O3.C7H8O3S/c1-7-9(17-2)5-4-8(10(7)18-3)6-13-14-11(12)15-16;1-6-2-4-7(5-3-6)11(8,9)10/h4-6,16H,1-3H3,(H3,12,14,15);2-5H,1H3,(H,8,9,10)/b13-6+;. The fourth-order valence-corrected chi connectivity index (χ4v) is 2.65. The van der Waals surface area contributed by atoms with Gasteiger partial charge in [0.2, 0.25) is 5.96 Å². The molecule has 2 rings (SSSR count). The monoisotopic (exact) mass is 424 g/mol. The molecule has 0 aliphatic rings. The Balaban J connectivity index is 0.000000326. The van der Waals surface area contributed by atoms with E-state index in [-0.39, 0.29) is 10.9 Å².